The van der Waals surface area contributed by atoms with Gasteiger partial charge >= 0.3 is 5.97 Å². The Morgan fingerprint density at radius 2 is 2.28 bits per heavy atom. The van der Waals surface area contributed by atoms with E-state index in [0.717, 1.165) is 21.8 Å². The predicted molar refractivity (Wildman–Crippen MR) is 71.3 cm³/mol. The number of hydrogen-bond donors (Lipinski definition) is 2. The number of rotatable bonds is 4. The van der Waals surface area contributed by atoms with Crippen LogP contribution in [0, 0.1) is 13.8 Å². The van der Waals surface area contributed by atoms with Crippen LogP contribution in [0.15, 0.2) is 12.3 Å². The van der Waals surface area contributed by atoms with Crippen molar-refractivity contribution in [2.75, 3.05) is 5.32 Å². The summed E-state index contributed by atoms with van der Waals surface area (Å²) in [4.78, 5) is 12.3. The molecule has 0 fully saturated rings. The van der Waals surface area contributed by atoms with Crippen molar-refractivity contribution in [3.05, 3.63) is 33.3 Å². The van der Waals surface area contributed by atoms with Gasteiger partial charge in [0.2, 0.25) is 0 Å². The Kier molecular flexibility index (Phi) is 3.38. The third kappa shape index (κ3) is 2.53. The Morgan fingerprint density at radius 3 is 2.78 bits per heavy atom. The molecule has 96 valence electrons. The normalized spacial score (nSPS) is 10.6. The van der Waals surface area contributed by atoms with E-state index < -0.39 is 5.97 Å². The maximum atomic E-state index is 10.9. The summed E-state index contributed by atoms with van der Waals surface area (Å²) in [5, 5.41) is 16.4. The zero-order chi connectivity index (χ0) is 13.3. The number of aryl methyl sites for hydroxylation is 3. The first-order valence-corrected chi connectivity index (χ1v) is 6.35. The molecule has 2 heterocycles. The summed E-state index contributed by atoms with van der Waals surface area (Å²) in [6.45, 7) is 4.48. The van der Waals surface area contributed by atoms with Gasteiger partial charge < -0.3 is 10.4 Å². The molecule has 0 atom stereocenters. The van der Waals surface area contributed by atoms with Crippen molar-refractivity contribution >= 4 is 23.0 Å². The van der Waals surface area contributed by atoms with Crippen LogP contribution in [0.3, 0.4) is 0 Å². The highest BCUT2D eigenvalue weighted by atomic mass is 32.1. The fourth-order valence-corrected chi connectivity index (χ4v) is 2.64. The molecule has 0 aliphatic carbocycles. The number of aromatic nitrogens is 2. The van der Waals surface area contributed by atoms with Crippen molar-refractivity contribution in [3.8, 4) is 0 Å². The van der Waals surface area contributed by atoms with Crippen LogP contribution < -0.4 is 5.32 Å². The maximum absolute atomic E-state index is 10.9. The second-order valence-electron chi connectivity index (χ2n) is 4.15. The van der Waals surface area contributed by atoms with Crippen molar-refractivity contribution < 1.29 is 9.90 Å². The Hall–Kier alpha value is -1.82. The van der Waals surface area contributed by atoms with Crippen LogP contribution in [0.2, 0.25) is 0 Å². The van der Waals surface area contributed by atoms with Crippen LogP contribution in [-0.4, -0.2) is 20.9 Å². The summed E-state index contributed by atoms with van der Waals surface area (Å²) in [5.74, 6) is -0.869. The Labute approximate surface area is 109 Å². The van der Waals surface area contributed by atoms with Gasteiger partial charge in [0.1, 0.15) is 4.88 Å². The van der Waals surface area contributed by atoms with Crippen molar-refractivity contribution in [1.29, 1.82) is 0 Å². The molecule has 2 N–H and O–H groups in total. The smallest absolute Gasteiger partial charge is 0.345 e. The van der Waals surface area contributed by atoms with E-state index >= 15 is 0 Å². The fourth-order valence-electron chi connectivity index (χ4n) is 1.76. The molecule has 0 aliphatic rings. The largest absolute Gasteiger partial charge is 0.477 e. The minimum atomic E-state index is -0.869. The van der Waals surface area contributed by atoms with Gasteiger partial charge in [0.25, 0.3) is 0 Å². The number of hydrogen-bond acceptors (Lipinski definition) is 4. The molecule has 0 unspecified atom stereocenters. The summed E-state index contributed by atoms with van der Waals surface area (Å²) in [7, 11) is 1.87. The Bertz CT molecular complexity index is 586. The molecule has 0 spiro atoms. The van der Waals surface area contributed by atoms with Crippen molar-refractivity contribution in [2.24, 2.45) is 7.05 Å². The lowest BCUT2D eigenvalue weighted by molar-refractivity contribution is 0.0702. The first-order chi connectivity index (χ1) is 8.47. The zero-order valence-electron chi connectivity index (χ0n) is 10.5. The van der Waals surface area contributed by atoms with Gasteiger partial charge in [-0.1, -0.05) is 0 Å². The van der Waals surface area contributed by atoms with E-state index in [4.69, 9.17) is 5.11 Å². The van der Waals surface area contributed by atoms with Crippen LogP contribution in [-0.2, 0) is 13.6 Å². The number of nitrogens with one attached hydrogen (secondary N) is 1. The highest BCUT2D eigenvalue weighted by Gasteiger charge is 2.11. The molecule has 0 aromatic carbocycles. The summed E-state index contributed by atoms with van der Waals surface area (Å²) in [5.41, 5.74) is 2.92. The molecule has 0 saturated carbocycles. The molecular formula is C12H15N3O2S. The lowest BCUT2D eigenvalue weighted by Crippen LogP contribution is -2.00. The molecule has 0 radical (unpaired) electrons. The highest BCUT2D eigenvalue weighted by molar-refractivity contribution is 7.14. The molecule has 18 heavy (non-hydrogen) atoms. The van der Waals surface area contributed by atoms with Gasteiger partial charge in [-0.15, -0.1) is 11.3 Å². The first kappa shape index (κ1) is 12.6. The van der Waals surface area contributed by atoms with E-state index in [1.165, 1.54) is 11.3 Å². The summed E-state index contributed by atoms with van der Waals surface area (Å²) in [6, 6.07) is 1.72. The summed E-state index contributed by atoms with van der Waals surface area (Å²) < 4.78 is 1.75. The van der Waals surface area contributed by atoms with E-state index in [9.17, 15) is 4.79 Å². The molecular weight excluding hydrogens is 250 g/mol. The van der Waals surface area contributed by atoms with Crippen LogP contribution in [0.25, 0.3) is 0 Å². The molecule has 0 bridgehead atoms. The van der Waals surface area contributed by atoms with Crippen LogP contribution in [0.5, 0.6) is 0 Å². The summed E-state index contributed by atoms with van der Waals surface area (Å²) in [6.07, 6.45) is 1.91. The van der Waals surface area contributed by atoms with Gasteiger partial charge in [-0.3, -0.25) is 4.68 Å². The van der Waals surface area contributed by atoms with E-state index in [1.807, 2.05) is 27.1 Å². The number of thiophene rings is 1. The molecule has 5 nitrogen and oxygen atoms in total. The van der Waals surface area contributed by atoms with Gasteiger partial charge in [-0.05, 0) is 25.5 Å². The second kappa shape index (κ2) is 4.81. The average molecular weight is 265 g/mol. The number of carbonyl (C=O) groups is 1. The SMILES string of the molecule is Cc1nn(C)cc1NCc1cc(C(=O)O)sc1C. The zero-order valence-corrected chi connectivity index (χ0v) is 11.3. The first-order valence-electron chi connectivity index (χ1n) is 5.54. The van der Waals surface area contributed by atoms with Crippen LogP contribution in [0.4, 0.5) is 5.69 Å². The lowest BCUT2D eigenvalue weighted by Gasteiger charge is -2.03. The van der Waals surface area contributed by atoms with E-state index in [0.29, 0.717) is 11.4 Å². The van der Waals surface area contributed by atoms with Crippen LogP contribution >= 0.6 is 11.3 Å². The fraction of sp³-hybridized carbons (Fsp3) is 0.333. The third-order valence-electron chi connectivity index (χ3n) is 2.71. The molecule has 2 rings (SSSR count). The van der Waals surface area contributed by atoms with Crippen molar-refractivity contribution in [3.63, 3.8) is 0 Å². The van der Waals surface area contributed by atoms with E-state index in [-0.39, 0.29) is 0 Å². The van der Waals surface area contributed by atoms with Gasteiger partial charge in [-0.25, -0.2) is 4.79 Å². The number of aromatic carboxylic acids is 1. The van der Waals surface area contributed by atoms with Gasteiger partial charge in [-0.2, -0.15) is 5.10 Å². The minimum Gasteiger partial charge on any atom is -0.477 e. The van der Waals surface area contributed by atoms with Crippen molar-refractivity contribution in [2.45, 2.75) is 20.4 Å². The highest BCUT2D eigenvalue weighted by Crippen LogP contribution is 2.23. The number of anilines is 1. The quantitative estimate of drug-likeness (QED) is 0.891. The lowest BCUT2D eigenvalue weighted by atomic mass is 10.2. The summed E-state index contributed by atoms with van der Waals surface area (Å²) >= 11 is 1.31. The second-order valence-corrected chi connectivity index (χ2v) is 5.41. The third-order valence-corrected chi connectivity index (χ3v) is 3.79. The van der Waals surface area contributed by atoms with Gasteiger partial charge in [0, 0.05) is 24.7 Å². The molecule has 0 saturated heterocycles. The molecule has 2 aromatic rings. The minimum absolute atomic E-state index is 0.382. The molecule has 0 amide bonds. The number of carboxylic acid groups (broad SMARTS) is 1. The standard InChI is InChI=1S/C12H15N3O2S/c1-7-10(6-15(3)14-7)13-5-9-4-11(12(16)17)18-8(9)2/h4,6,13H,5H2,1-3H3,(H,16,17). The molecule has 2 aromatic heterocycles. The number of carboxylic acids is 1. The molecule has 6 heteroatoms. The van der Waals surface area contributed by atoms with Crippen molar-refractivity contribution in [1.82, 2.24) is 9.78 Å². The number of nitrogens with zero attached hydrogens (tertiary/aromatic N) is 2. The Balaban J connectivity index is 2.10. The maximum Gasteiger partial charge on any atom is 0.345 e. The van der Waals surface area contributed by atoms with E-state index in [2.05, 4.69) is 10.4 Å². The monoisotopic (exact) mass is 265 g/mol. The topological polar surface area (TPSA) is 67.2 Å². The Morgan fingerprint density at radius 1 is 1.56 bits per heavy atom. The average Bonchev–Trinajstić information content (AvgIpc) is 2.79. The van der Waals surface area contributed by atoms with Gasteiger partial charge in [0.15, 0.2) is 0 Å². The molecule has 0 aliphatic heterocycles. The van der Waals surface area contributed by atoms with E-state index in [1.54, 1.807) is 10.7 Å². The predicted octanol–water partition coefficient (Wildman–Crippen LogP) is 2.41. The van der Waals surface area contributed by atoms with Gasteiger partial charge in [0.05, 0.1) is 11.4 Å². The van der Waals surface area contributed by atoms with Crippen LogP contribution in [0.1, 0.15) is 25.8 Å².